The van der Waals surface area contributed by atoms with E-state index in [1.807, 2.05) is 0 Å². The van der Waals surface area contributed by atoms with Crippen molar-refractivity contribution >= 4 is 58.5 Å². The zero-order valence-electron chi connectivity index (χ0n) is 12.0. The zero-order valence-corrected chi connectivity index (χ0v) is 13.7. The first-order chi connectivity index (χ1) is 11.3. The Bertz CT molecular complexity index is 756. The molecule has 1 amide bonds. The van der Waals surface area contributed by atoms with Gasteiger partial charge in [0.1, 0.15) is 16.6 Å². The van der Waals surface area contributed by atoms with E-state index in [2.05, 4.69) is 0 Å². The van der Waals surface area contributed by atoms with Crippen molar-refractivity contribution in [3.8, 4) is 0 Å². The molecule has 0 spiro atoms. The van der Waals surface area contributed by atoms with Crippen LogP contribution in [-0.4, -0.2) is 49.6 Å². The average molecular weight is 365 g/mol. The predicted molar refractivity (Wildman–Crippen MR) is 90.5 cm³/mol. The normalized spacial score (nSPS) is 17.2. The van der Waals surface area contributed by atoms with Gasteiger partial charge in [-0.15, -0.1) is 0 Å². The number of carboxylic acids is 2. The Morgan fingerprint density at radius 1 is 1.21 bits per heavy atom. The predicted octanol–water partition coefficient (Wildman–Crippen LogP) is 1.63. The maximum absolute atomic E-state index is 12.4. The third-order valence-corrected chi connectivity index (χ3v) is 4.49. The number of amides is 1. The number of aldehydes is 1. The van der Waals surface area contributed by atoms with Crippen LogP contribution in [0.2, 0.25) is 0 Å². The van der Waals surface area contributed by atoms with Crippen molar-refractivity contribution in [1.82, 2.24) is 4.90 Å². The number of thiocarbonyl (C=S) groups is 1. The summed E-state index contributed by atoms with van der Waals surface area (Å²) in [5, 5.41) is 18.0. The molecule has 0 aliphatic carbocycles. The van der Waals surface area contributed by atoms with E-state index in [1.165, 1.54) is 6.08 Å². The van der Waals surface area contributed by atoms with E-state index in [0.29, 0.717) is 17.4 Å². The van der Waals surface area contributed by atoms with Gasteiger partial charge in [-0.05, 0) is 11.6 Å². The van der Waals surface area contributed by atoms with Crippen molar-refractivity contribution in [3.63, 3.8) is 0 Å². The van der Waals surface area contributed by atoms with E-state index in [0.717, 1.165) is 16.7 Å². The zero-order chi connectivity index (χ0) is 17.9. The van der Waals surface area contributed by atoms with Crippen LogP contribution in [0.1, 0.15) is 22.3 Å². The number of carbonyl (C=O) groups is 4. The van der Waals surface area contributed by atoms with Crippen molar-refractivity contribution in [3.05, 3.63) is 40.3 Å². The van der Waals surface area contributed by atoms with Gasteiger partial charge >= 0.3 is 11.9 Å². The van der Waals surface area contributed by atoms with Crippen LogP contribution in [0.25, 0.3) is 6.08 Å². The summed E-state index contributed by atoms with van der Waals surface area (Å²) in [7, 11) is 0. The Labute approximate surface area is 145 Å². The molecule has 1 aliphatic heterocycles. The van der Waals surface area contributed by atoms with E-state index in [4.69, 9.17) is 17.3 Å². The van der Waals surface area contributed by atoms with Crippen LogP contribution in [0.5, 0.6) is 0 Å². The molecule has 1 aromatic rings. The fourth-order valence-electron chi connectivity index (χ4n) is 2.03. The molecule has 1 aromatic carbocycles. The first-order valence-corrected chi connectivity index (χ1v) is 7.83. The largest absolute Gasteiger partial charge is 0.481 e. The minimum Gasteiger partial charge on any atom is -0.481 e. The molecule has 1 fully saturated rings. The fraction of sp³-hybridized carbons (Fsp3) is 0.133. The Kier molecular flexibility index (Phi) is 5.47. The summed E-state index contributed by atoms with van der Waals surface area (Å²) in [6.45, 7) is 0. The summed E-state index contributed by atoms with van der Waals surface area (Å²) < 4.78 is -0.00980. The fourth-order valence-corrected chi connectivity index (χ4v) is 3.38. The maximum atomic E-state index is 12.4. The van der Waals surface area contributed by atoms with Gasteiger partial charge in [0.25, 0.3) is 5.91 Å². The molecule has 24 heavy (non-hydrogen) atoms. The lowest BCUT2D eigenvalue weighted by Crippen LogP contribution is -2.45. The van der Waals surface area contributed by atoms with Crippen LogP contribution in [0.15, 0.2) is 29.2 Å². The van der Waals surface area contributed by atoms with E-state index in [1.54, 1.807) is 24.3 Å². The first-order valence-electron chi connectivity index (χ1n) is 6.60. The van der Waals surface area contributed by atoms with Gasteiger partial charge in [0.05, 0.1) is 11.3 Å². The Morgan fingerprint density at radius 2 is 1.79 bits per heavy atom. The second kappa shape index (κ2) is 7.37. The number of hydrogen-bond acceptors (Lipinski definition) is 6. The molecule has 1 aliphatic rings. The molecule has 7 nitrogen and oxygen atoms in total. The van der Waals surface area contributed by atoms with Crippen LogP contribution in [-0.2, 0) is 14.4 Å². The SMILES string of the molecule is O=Cc1ccc(/C=C2\SC(=S)N([C@@H](CC(=O)O)C(=O)O)C2=O)cc1. The van der Waals surface area contributed by atoms with Crippen molar-refractivity contribution in [2.45, 2.75) is 12.5 Å². The minimum atomic E-state index is -1.56. The summed E-state index contributed by atoms with van der Waals surface area (Å²) in [4.78, 5) is 46.1. The molecule has 1 heterocycles. The summed E-state index contributed by atoms with van der Waals surface area (Å²) >= 11 is 5.93. The van der Waals surface area contributed by atoms with E-state index < -0.39 is 30.3 Å². The van der Waals surface area contributed by atoms with Crippen molar-refractivity contribution < 1.29 is 29.4 Å². The molecular formula is C15H11NO6S2. The lowest BCUT2D eigenvalue weighted by molar-refractivity contribution is -0.150. The van der Waals surface area contributed by atoms with E-state index >= 15 is 0 Å². The van der Waals surface area contributed by atoms with Crippen molar-refractivity contribution in [1.29, 1.82) is 0 Å². The summed E-state index contributed by atoms with van der Waals surface area (Å²) in [5.41, 5.74) is 1.11. The molecule has 1 saturated heterocycles. The second-order valence-corrected chi connectivity index (χ2v) is 6.46. The minimum absolute atomic E-state index is 0.00980. The lowest BCUT2D eigenvalue weighted by atomic mass is 10.1. The molecule has 2 rings (SSSR count). The summed E-state index contributed by atoms with van der Waals surface area (Å²) in [5.74, 6) is -3.44. The molecule has 2 N–H and O–H groups in total. The Hall–Kier alpha value is -2.52. The molecule has 0 saturated carbocycles. The monoisotopic (exact) mass is 365 g/mol. The average Bonchev–Trinajstić information content (AvgIpc) is 2.79. The van der Waals surface area contributed by atoms with Crippen LogP contribution in [0.4, 0.5) is 0 Å². The molecule has 1 atom stereocenters. The highest BCUT2D eigenvalue weighted by Crippen LogP contribution is 2.34. The number of thioether (sulfide) groups is 1. The molecule has 124 valence electrons. The number of rotatable bonds is 6. The third-order valence-electron chi connectivity index (χ3n) is 3.16. The number of aliphatic carboxylic acids is 2. The van der Waals surface area contributed by atoms with Gasteiger partial charge in [-0.25, -0.2) is 4.79 Å². The molecule has 0 unspecified atom stereocenters. The van der Waals surface area contributed by atoms with E-state index in [9.17, 15) is 24.3 Å². The molecule has 0 aromatic heterocycles. The number of benzene rings is 1. The van der Waals surface area contributed by atoms with Crippen LogP contribution in [0, 0.1) is 0 Å². The van der Waals surface area contributed by atoms with Gasteiger partial charge in [0.15, 0.2) is 0 Å². The van der Waals surface area contributed by atoms with Crippen LogP contribution >= 0.6 is 24.0 Å². The Morgan fingerprint density at radius 3 is 2.29 bits per heavy atom. The first kappa shape index (κ1) is 17.8. The molecular weight excluding hydrogens is 354 g/mol. The molecule has 0 radical (unpaired) electrons. The number of nitrogens with zero attached hydrogens (tertiary/aromatic N) is 1. The second-order valence-electron chi connectivity index (χ2n) is 4.79. The topological polar surface area (TPSA) is 112 Å². The van der Waals surface area contributed by atoms with Crippen LogP contribution < -0.4 is 0 Å². The standard InChI is InChI=1S/C15H11NO6S2/c17-7-9-3-1-8(2-4-9)5-11-13(20)16(15(23)24-11)10(14(21)22)6-12(18)19/h1-5,7,10H,6H2,(H,18,19)(H,21,22)/b11-5-/t10-/m0/s1. The van der Waals surface area contributed by atoms with Crippen LogP contribution in [0.3, 0.4) is 0 Å². The number of carboxylic acid groups (broad SMARTS) is 2. The van der Waals surface area contributed by atoms with Crippen molar-refractivity contribution in [2.24, 2.45) is 0 Å². The quantitative estimate of drug-likeness (QED) is 0.444. The van der Waals surface area contributed by atoms with Gasteiger partial charge < -0.3 is 10.2 Å². The van der Waals surface area contributed by atoms with Gasteiger partial charge in [-0.1, -0.05) is 48.2 Å². The number of hydrogen-bond donors (Lipinski definition) is 2. The maximum Gasteiger partial charge on any atom is 0.327 e. The van der Waals surface area contributed by atoms with Crippen molar-refractivity contribution in [2.75, 3.05) is 0 Å². The van der Waals surface area contributed by atoms with Gasteiger partial charge in [-0.2, -0.15) is 0 Å². The van der Waals surface area contributed by atoms with Gasteiger partial charge in [0.2, 0.25) is 0 Å². The summed E-state index contributed by atoms with van der Waals surface area (Å²) in [6, 6.07) is 4.84. The molecule has 0 bridgehead atoms. The Balaban J connectivity index is 2.29. The van der Waals surface area contributed by atoms with Gasteiger partial charge in [0, 0.05) is 5.56 Å². The highest BCUT2D eigenvalue weighted by atomic mass is 32.2. The number of carbonyl (C=O) groups excluding carboxylic acids is 2. The lowest BCUT2D eigenvalue weighted by Gasteiger charge is -2.21. The highest BCUT2D eigenvalue weighted by Gasteiger charge is 2.41. The summed E-state index contributed by atoms with van der Waals surface area (Å²) in [6.07, 6.45) is 1.45. The van der Waals surface area contributed by atoms with Gasteiger partial charge in [-0.3, -0.25) is 19.3 Å². The van der Waals surface area contributed by atoms with E-state index in [-0.39, 0.29) is 9.23 Å². The third kappa shape index (κ3) is 3.87. The highest BCUT2D eigenvalue weighted by molar-refractivity contribution is 8.26. The smallest absolute Gasteiger partial charge is 0.327 e. The molecule has 9 heteroatoms.